The number of hydrogen-bond acceptors (Lipinski definition) is 6. The van der Waals surface area contributed by atoms with Gasteiger partial charge in [0.05, 0.1) is 7.11 Å². The smallest absolute Gasteiger partial charge is 0.251 e. The Morgan fingerprint density at radius 3 is 2.58 bits per heavy atom. The molecular formula is C28H28FN3O4. The van der Waals surface area contributed by atoms with Gasteiger partial charge >= 0.3 is 0 Å². The van der Waals surface area contributed by atoms with Gasteiger partial charge in [-0.3, -0.25) is 14.6 Å². The van der Waals surface area contributed by atoms with Crippen molar-refractivity contribution in [3.63, 3.8) is 0 Å². The number of amides is 1. The number of ketones is 1. The maximum absolute atomic E-state index is 14.6. The summed E-state index contributed by atoms with van der Waals surface area (Å²) < 4.78 is 19.5. The molecule has 0 aliphatic carbocycles. The van der Waals surface area contributed by atoms with Crippen molar-refractivity contribution in [2.75, 3.05) is 20.2 Å². The molecule has 8 heteroatoms. The van der Waals surface area contributed by atoms with Gasteiger partial charge in [-0.15, -0.1) is 0 Å². The number of aromatic nitrogens is 1. The molecule has 0 bridgehead atoms. The third-order valence-electron chi connectivity index (χ3n) is 6.27. The van der Waals surface area contributed by atoms with Crippen molar-refractivity contribution < 1.29 is 23.8 Å². The molecule has 3 N–H and O–H groups in total. The number of rotatable bonds is 7. The first-order valence-electron chi connectivity index (χ1n) is 11.8. The summed E-state index contributed by atoms with van der Waals surface area (Å²) in [6.45, 7) is 1.55. The van der Waals surface area contributed by atoms with Crippen molar-refractivity contribution in [1.29, 1.82) is 0 Å². The quantitative estimate of drug-likeness (QED) is 0.434. The third kappa shape index (κ3) is 5.78. The molecule has 3 aromatic rings. The highest BCUT2D eigenvalue weighted by Crippen LogP contribution is 2.30. The van der Waals surface area contributed by atoms with Crippen LogP contribution in [0.15, 0.2) is 67.0 Å². The molecule has 7 nitrogen and oxygen atoms in total. The van der Waals surface area contributed by atoms with Gasteiger partial charge in [-0.2, -0.15) is 0 Å². The van der Waals surface area contributed by atoms with E-state index >= 15 is 0 Å². The molecule has 36 heavy (non-hydrogen) atoms. The average molecular weight is 490 g/mol. The van der Waals surface area contributed by atoms with Crippen LogP contribution in [0.1, 0.15) is 44.7 Å². The largest absolute Gasteiger partial charge is 0.507 e. The second-order valence-corrected chi connectivity index (χ2v) is 8.61. The summed E-state index contributed by atoms with van der Waals surface area (Å²) >= 11 is 0. The predicted molar refractivity (Wildman–Crippen MR) is 135 cm³/mol. The minimum absolute atomic E-state index is 0.0794. The number of hydrogen-bond donors (Lipinski definition) is 3. The molecule has 4 rings (SSSR count). The maximum Gasteiger partial charge on any atom is 0.251 e. The zero-order valence-electron chi connectivity index (χ0n) is 19.9. The Bertz CT molecular complexity index is 1250. The van der Waals surface area contributed by atoms with E-state index in [1.54, 1.807) is 48.8 Å². The number of nitrogens with zero attached hydrogens (tertiary/aromatic N) is 1. The molecule has 0 saturated carbocycles. The molecule has 1 fully saturated rings. The van der Waals surface area contributed by atoms with Gasteiger partial charge in [0.15, 0.2) is 17.3 Å². The fourth-order valence-electron chi connectivity index (χ4n) is 4.26. The molecule has 0 radical (unpaired) electrons. The van der Waals surface area contributed by atoms with E-state index in [4.69, 9.17) is 4.74 Å². The summed E-state index contributed by atoms with van der Waals surface area (Å²) in [5.41, 5.74) is 1.25. The van der Waals surface area contributed by atoms with Crippen molar-refractivity contribution in [2.45, 2.75) is 18.9 Å². The maximum atomic E-state index is 14.6. The van der Waals surface area contributed by atoms with Gasteiger partial charge in [-0.05, 0) is 55.1 Å². The number of ether oxygens (including phenoxy) is 1. The summed E-state index contributed by atoms with van der Waals surface area (Å²) in [5, 5.41) is 16.5. The summed E-state index contributed by atoms with van der Waals surface area (Å²) in [7, 11) is 1.30. The summed E-state index contributed by atoms with van der Waals surface area (Å²) in [6, 6.07) is 12.5. The molecule has 186 valence electrons. The van der Waals surface area contributed by atoms with Crippen molar-refractivity contribution in [2.24, 2.45) is 5.92 Å². The van der Waals surface area contributed by atoms with Gasteiger partial charge in [0, 0.05) is 36.1 Å². The highest BCUT2D eigenvalue weighted by molar-refractivity contribution is 6.11. The molecule has 1 aromatic heterocycles. The van der Waals surface area contributed by atoms with Crippen LogP contribution in [0.3, 0.4) is 0 Å². The van der Waals surface area contributed by atoms with Crippen LogP contribution < -0.4 is 15.4 Å². The monoisotopic (exact) mass is 489 g/mol. The van der Waals surface area contributed by atoms with E-state index < -0.39 is 22.9 Å². The van der Waals surface area contributed by atoms with E-state index in [0.29, 0.717) is 12.1 Å². The number of pyridine rings is 1. The van der Waals surface area contributed by atoms with Crippen LogP contribution in [0.2, 0.25) is 0 Å². The van der Waals surface area contributed by atoms with E-state index in [0.717, 1.165) is 24.9 Å². The number of nitrogens with one attached hydrogen (secondary N) is 2. The van der Waals surface area contributed by atoms with Crippen molar-refractivity contribution >= 4 is 17.8 Å². The highest BCUT2D eigenvalue weighted by Gasteiger charge is 2.24. The van der Waals surface area contributed by atoms with Crippen LogP contribution in [0.4, 0.5) is 4.39 Å². The van der Waals surface area contributed by atoms with Gasteiger partial charge < -0.3 is 20.5 Å². The van der Waals surface area contributed by atoms with Gasteiger partial charge in [0.2, 0.25) is 0 Å². The minimum Gasteiger partial charge on any atom is -0.507 e. The van der Waals surface area contributed by atoms with Crippen LogP contribution in [-0.4, -0.2) is 48.0 Å². The fourth-order valence-corrected chi connectivity index (χ4v) is 4.26. The second kappa shape index (κ2) is 11.6. The second-order valence-electron chi connectivity index (χ2n) is 8.61. The molecule has 2 heterocycles. The van der Waals surface area contributed by atoms with Gasteiger partial charge in [0.1, 0.15) is 11.3 Å². The zero-order chi connectivity index (χ0) is 25.5. The Kier molecular flexibility index (Phi) is 8.07. The summed E-state index contributed by atoms with van der Waals surface area (Å²) in [4.78, 5) is 29.5. The Labute approximate surface area is 209 Å². The van der Waals surface area contributed by atoms with E-state index in [1.807, 2.05) is 6.08 Å². The molecular weight excluding hydrogens is 461 g/mol. The zero-order valence-corrected chi connectivity index (χ0v) is 19.9. The van der Waals surface area contributed by atoms with Crippen molar-refractivity contribution in [1.82, 2.24) is 15.6 Å². The van der Waals surface area contributed by atoms with Crippen LogP contribution in [-0.2, 0) is 0 Å². The molecule has 2 atom stereocenters. The van der Waals surface area contributed by atoms with E-state index in [9.17, 15) is 19.1 Å². The molecule has 1 aliphatic rings. The molecule has 2 unspecified atom stereocenters. The number of benzene rings is 2. The van der Waals surface area contributed by atoms with Crippen LogP contribution in [0.25, 0.3) is 6.08 Å². The number of carbonyl (C=O) groups is 2. The highest BCUT2D eigenvalue weighted by atomic mass is 19.1. The summed E-state index contributed by atoms with van der Waals surface area (Å²) in [6.07, 6.45) is 9.12. The lowest BCUT2D eigenvalue weighted by Crippen LogP contribution is -2.44. The number of phenolic OH excluding ortho intramolecular Hbond substituents is 1. The van der Waals surface area contributed by atoms with Crippen LogP contribution in [0.5, 0.6) is 11.5 Å². The number of phenols is 1. The number of halogens is 1. The third-order valence-corrected chi connectivity index (χ3v) is 6.27. The normalized spacial score (nSPS) is 17.9. The standard InChI is InChI=1S/C28H28FN3O4/c1-36-24-11-10-23(33)25(26(24)29)27(34)20-8-5-18(6-9-20)4-7-19-3-2-14-31-17-22(19)32-28(35)21-12-15-30-16-13-21/h4-13,15-16,19,22,31,33H,2-3,14,17H2,1H3,(H,32,35)/b7-4+. The van der Waals surface area contributed by atoms with E-state index in [1.165, 1.54) is 19.2 Å². The SMILES string of the molecule is COc1ccc(O)c(C(=O)c2ccc(/C=C/C3CCCNCC3NC(=O)c3ccncc3)cc2)c1F. The van der Waals surface area contributed by atoms with Crippen LogP contribution >= 0.6 is 0 Å². The minimum atomic E-state index is -0.895. The van der Waals surface area contributed by atoms with Gasteiger partial charge in [0.25, 0.3) is 5.91 Å². The number of carbonyl (C=O) groups excluding carboxylic acids is 2. The van der Waals surface area contributed by atoms with Gasteiger partial charge in [-0.1, -0.05) is 36.4 Å². The Morgan fingerprint density at radius 2 is 1.86 bits per heavy atom. The first-order valence-corrected chi connectivity index (χ1v) is 11.8. The fraction of sp³-hybridized carbons (Fsp3) is 0.250. The average Bonchev–Trinajstić information content (AvgIpc) is 3.13. The number of aromatic hydroxyl groups is 1. The Balaban J connectivity index is 1.48. The molecule has 0 spiro atoms. The van der Waals surface area contributed by atoms with Gasteiger partial charge in [-0.25, -0.2) is 4.39 Å². The van der Waals surface area contributed by atoms with E-state index in [-0.39, 0.29) is 29.2 Å². The molecule has 2 aromatic carbocycles. The molecule has 1 aliphatic heterocycles. The predicted octanol–water partition coefficient (Wildman–Crippen LogP) is 3.98. The lowest BCUT2D eigenvalue weighted by atomic mass is 9.93. The molecule has 1 saturated heterocycles. The van der Waals surface area contributed by atoms with Crippen molar-refractivity contribution in [3.05, 3.63) is 95.1 Å². The number of methoxy groups -OCH3 is 1. The Morgan fingerprint density at radius 1 is 1.11 bits per heavy atom. The van der Waals surface area contributed by atoms with Crippen LogP contribution in [0, 0.1) is 11.7 Å². The first kappa shape index (κ1) is 25.1. The Hall–Kier alpha value is -4.04. The lowest BCUT2D eigenvalue weighted by Gasteiger charge is -2.23. The van der Waals surface area contributed by atoms with Crippen molar-refractivity contribution in [3.8, 4) is 11.5 Å². The first-order chi connectivity index (χ1) is 17.5. The molecule has 1 amide bonds. The lowest BCUT2D eigenvalue weighted by molar-refractivity contribution is 0.0927. The van der Waals surface area contributed by atoms with E-state index in [2.05, 4.69) is 21.7 Å². The topological polar surface area (TPSA) is 101 Å². The summed E-state index contributed by atoms with van der Waals surface area (Å²) in [5.74, 6) is -2.10.